The van der Waals surface area contributed by atoms with E-state index in [2.05, 4.69) is 10.3 Å². The van der Waals surface area contributed by atoms with Crippen molar-refractivity contribution in [1.82, 2.24) is 9.55 Å². The first-order valence-corrected chi connectivity index (χ1v) is 7.20. The second-order valence-corrected chi connectivity index (χ2v) is 5.26. The van der Waals surface area contributed by atoms with Crippen LogP contribution >= 0.6 is 0 Å². The quantitative estimate of drug-likeness (QED) is 0.873. The molecule has 6 heteroatoms. The Hall–Kier alpha value is -2.47. The Morgan fingerprint density at radius 3 is 2.68 bits per heavy atom. The lowest BCUT2D eigenvalue weighted by Crippen LogP contribution is -2.26. The number of ketones is 1. The molecule has 2 aromatic rings. The fourth-order valence-electron chi connectivity index (χ4n) is 2.43. The molecule has 2 heterocycles. The predicted molar refractivity (Wildman–Crippen MR) is 80.7 cm³/mol. The van der Waals surface area contributed by atoms with E-state index in [0.29, 0.717) is 23.7 Å². The summed E-state index contributed by atoms with van der Waals surface area (Å²) in [5.41, 5.74) is 1.18. The number of carbonyl (C=O) groups excluding carboxylic acids is 2. The number of rotatable bonds is 4. The van der Waals surface area contributed by atoms with Crippen LogP contribution in [-0.2, 0) is 16.6 Å². The van der Waals surface area contributed by atoms with E-state index in [1.807, 2.05) is 0 Å². The van der Waals surface area contributed by atoms with Gasteiger partial charge in [-0.2, -0.15) is 0 Å². The van der Waals surface area contributed by atoms with E-state index in [9.17, 15) is 9.59 Å². The Balaban J connectivity index is 1.69. The topological polar surface area (TPSA) is 73.2 Å². The number of benzene rings is 1. The summed E-state index contributed by atoms with van der Waals surface area (Å²) in [7, 11) is 1.77. The fraction of sp³-hybridized carbons (Fsp3) is 0.312. The molecule has 1 atom stereocenters. The van der Waals surface area contributed by atoms with Crippen LogP contribution in [0.3, 0.4) is 0 Å². The SMILES string of the molecule is Cn1ccnc1C(=O)c1ccc(NC(=O)[C@@H]2CCCO2)cc1. The highest BCUT2D eigenvalue weighted by Crippen LogP contribution is 2.16. The van der Waals surface area contributed by atoms with Crippen LogP contribution in [0, 0.1) is 0 Å². The average molecular weight is 299 g/mol. The molecule has 0 unspecified atom stereocenters. The van der Waals surface area contributed by atoms with Gasteiger partial charge in [-0.25, -0.2) is 4.98 Å². The van der Waals surface area contributed by atoms with E-state index >= 15 is 0 Å². The van der Waals surface area contributed by atoms with Crippen molar-refractivity contribution < 1.29 is 14.3 Å². The first-order valence-electron chi connectivity index (χ1n) is 7.20. The molecule has 0 saturated carbocycles. The molecule has 1 aliphatic rings. The summed E-state index contributed by atoms with van der Waals surface area (Å²) < 4.78 is 7.01. The van der Waals surface area contributed by atoms with Crippen molar-refractivity contribution in [3.8, 4) is 0 Å². The number of nitrogens with zero attached hydrogens (tertiary/aromatic N) is 2. The molecule has 1 N–H and O–H groups in total. The minimum atomic E-state index is -0.367. The molecule has 114 valence electrons. The number of carbonyl (C=O) groups is 2. The molecule has 0 aliphatic carbocycles. The third-order valence-electron chi connectivity index (χ3n) is 3.66. The maximum absolute atomic E-state index is 12.3. The van der Waals surface area contributed by atoms with Gasteiger partial charge in [-0.15, -0.1) is 0 Å². The summed E-state index contributed by atoms with van der Waals surface area (Å²) in [6.07, 6.45) is 4.61. The first kappa shape index (κ1) is 14.5. The molecule has 1 aromatic heterocycles. The summed E-state index contributed by atoms with van der Waals surface area (Å²) in [5.74, 6) is 0.0984. The van der Waals surface area contributed by atoms with E-state index in [-0.39, 0.29) is 17.8 Å². The summed E-state index contributed by atoms with van der Waals surface area (Å²) in [4.78, 5) is 28.3. The highest BCUT2D eigenvalue weighted by molar-refractivity contribution is 6.07. The van der Waals surface area contributed by atoms with E-state index in [0.717, 1.165) is 12.8 Å². The highest BCUT2D eigenvalue weighted by atomic mass is 16.5. The van der Waals surface area contributed by atoms with Crippen molar-refractivity contribution >= 4 is 17.4 Å². The third kappa shape index (κ3) is 2.92. The van der Waals surface area contributed by atoms with Crippen molar-refractivity contribution in [3.05, 3.63) is 48.0 Å². The first-order chi connectivity index (χ1) is 10.6. The zero-order valence-electron chi connectivity index (χ0n) is 12.3. The molecule has 1 amide bonds. The molecule has 22 heavy (non-hydrogen) atoms. The molecule has 0 bridgehead atoms. The van der Waals surface area contributed by atoms with Gasteiger partial charge in [-0.1, -0.05) is 0 Å². The Morgan fingerprint density at radius 1 is 1.32 bits per heavy atom. The maximum atomic E-state index is 12.3. The Bertz CT molecular complexity index is 685. The van der Waals surface area contributed by atoms with Gasteiger partial charge in [0.25, 0.3) is 5.91 Å². The van der Waals surface area contributed by atoms with E-state index in [4.69, 9.17) is 4.74 Å². The zero-order valence-corrected chi connectivity index (χ0v) is 12.3. The number of ether oxygens (including phenoxy) is 1. The molecule has 6 nitrogen and oxygen atoms in total. The van der Waals surface area contributed by atoms with Gasteiger partial charge in [0, 0.05) is 37.3 Å². The fourth-order valence-corrected chi connectivity index (χ4v) is 2.43. The Labute approximate surface area is 128 Å². The summed E-state index contributed by atoms with van der Waals surface area (Å²) in [6, 6.07) is 6.79. The zero-order chi connectivity index (χ0) is 15.5. The largest absolute Gasteiger partial charge is 0.368 e. The van der Waals surface area contributed by atoms with Crippen LogP contribution < -0.4 is 5.32 Å². The second kappa shape index (κ2) is 6.11. The van der Waals surface area contributed by atoms with Crippen molar-refractivity contribution in [2.45, 2.75) is 18.9 Å². The number of hydrogen-bond acceptors (Lipinski definition) is 4. The highest BCUT2D eigenvalue weighted by Gasteiger charge is 2.23. The number of hydrogen-bond donors (Lipinski definition) is 1. The Morgan fingerprint density at radius 2 is 2.09 bits per heavy atom. The molecule has 0 spiro atoms. The van der Waals surface area contributed by atoms with Crippen LogP contribution in [0.25, 0.3) is 0 Å². The van der Waals surface area contributed by atoms with Gasteiger partial charge in [0.2, 0.25) is 5.78 Å². The molecular formula is C16H17N3O3. The van der Waals surface area contributed by atoms with Crippen LogP contribution in [0.5, 0.6) is 0 Å². The molecule has 3 rings (SSSR count). The van der Waals surface area contributed by atoms with Crippen LogP contribution in [0.4, 0.5) is 5.69 Å². The second-order valence-electron chi connectivity index (χ2n) is 5.26. The third-order valence-corrected chi connectivity index (χ3v) is 3.66. The van der Waals surface area contributed by atoms with Crippen LogP contribution in [-0.4, -0.2) is 34.0 Å². The molecule has 1 aromatic carbocycles. The van der Waals surface area contributed by atoms with Crippen molar-refractivity contribution in [1.29, 1.82) is 0 Å². The van der Waals surface area contributed by atoms with Gasteiger partial charge in [0.05, 0.1) is 0 Å². The van der Waals surface area contributed by atoms with Gasteiger partial charge in [-0.3, -0.25) is 9.59 Å². The maximum Gasteiger partial charge on any atom is 0.253 e. The summed E-state index contributed by atoms with van der Waals surface area (Å²) in [6.45, 7) is 0.634. The lowest BCUT2D eigenvalue weighted by molar-refractivity contribution is -0.124. The summed E-state index contributed by atoms with van der Waals surface area (Å²) in [5, 5.41) is 2.80. The minimum absolute atomic E-state index is 0.138. The van der Waals surface area contributed by atoms with E-state index < -0.39 is 0 Å². The average Bonchev–Trinajstić information content (AvgIpc) is 3.18. The van der Waals surface area contributed by atoms with Crippen molar-refractivity contribution in [3.63, 3.8) is 0 Å². The molecule has 1 fully saturated rings. The monoisotopic (exact) mass is 299 g/mol. The normalized spacial score (nSPS) is 17.4. The number of aryl methyl sites for hydroxylation is 1. The van der Waals surface area contributed by atoms with Crippen molar-refractivity contribution in [2.75, 3.05) is 11.9 Å². The summed E-state index contributed by atoms with van der Waals surface area (Å²) >= 11 is 0. The smallest absolute Gasteiger partial charge is 0.253 e. The number of imidazole rings is 1. The Kier molecular flexibility index (Phi) is 4.02. The number of aromatic nitrogens is 2. The standard InChI is InChI=1S/C16H17N3O3/c1-19-9-8-17-15(19)14(20)11-4-6-12(7-5-11)18-16(21)13-3-2-10-22-13/h4-9,13H,2-3,10H2,1H3,(H,18,21)/t13-/m0/s1. The molecule has 1 aliphatic heterocycles. The van der Waals surface area contributed by atoms with Gasteiger partial charge in [0.1, 0.15) is 6.10 Å². The lowest BCUT2D eigenvalue weighted by atomic mass is 10.1. The van der Waals surface area contributed by atoms with Gasteiger partial charge >= 0.3 is 0 Å². The van der Waals surface area contributed by atoms with Crippen molar-refractivity contribution in [2.24, 2.45) is 7.05 Å². The van der Waals surface area contributed by atoms with Gasteiger partial charge in [0.15, 0.2) is 5.82 Å². The molecule has 0 radical (unpaired) electrons. The number of anilines is 1. The van der Waals surface area contributed by atoms with Gasteiger partial charge in [-0.05, 0) is 37.1 Å². The number of nitrogens with one attached hydrogen (secondary N) is 1. The lowest BCUT2D eigenvalue weighted by Gasteiger charge is -2.10. The van der Waals surface area contributed by atoms with E-state index in [1.165, 1.54) is 0 Å². The van der Waals surface area contributed by atoms with Crippen LogP contribution in [0.2, 0.25) is 0 Å². The van der Waals surface area contributed by atoms with Crippen LogP contribution in [0.15, 0.2) is 36.7 Å². The predicted octanol–water partition coefficient (Wildman–Crippen LogP) is 1.77. The van der Waals surface area contributed by atoms with Gasteiger partial charge < -0.3 is 14.6 Å². The molecule has 1 saturated heterocycles. The molecular weight excluding hydrogens is 282 g/mol. The van der Waals surface area contributed by atoms with Crippen LogP contribution in [0.1, 0.15) is 29.0 Å². The minimum Gasteiger partial charge on any atom is -0.368 e. The van der Waals surface area contributed by atoms with E-state index in [1.54, 1.807) is 48.3 Å². The number of amides is 1.